The second-order valence-corrected chi connectivity index (χ2v) is 6.41. The van der Waals surface area contributed by atoms with E-state index in [4.69, 9.17) is 34.8 Å². The molecule has 25 heavy (non-hydrogen) atoms. The number of carbonyl (C=O) groups excluding carboxylic acids is 1. The zero-order chi connectivity index (χ0) is 18.0. The first-order valence-corrected chi connectivity index (χ1v) is 8.29. The van der Waals surface area contributed by atoms with Crippen molar-refractivity contribution in [3.63, 3.8) is 0 Å². The molecular formula is C17H11Cl3FN3O. The van der Waals surface area contributed by atoms with Crippen LogP contribution in [0.5, 0.6) is 0 Å². The maximum Gasteiger partial charge on any atom is 0.257 e. The van der Waals surface area contributed by atoms with E-state index in [1.165, 1.54) is 18.3 Å². The maximum absolute atomic E-state index is 13.1. The Kier molecular flexibility index (Phi) is 5.27. The van der Waals surface area contributed by atoms with E-state index in [-0.39, 0.29) is 10.6 Å². The van der Waals surface area contributed by atoms with Crippen molar-refractivity contribution in [1.29, 1.82) is 0 Å². The molecule has 1 N–H and O–H groups in total. The summed E-state index contributed by atoms with van der Waals surface area (Å²) in [7, 11) is 0. The smallest absolute Gasteiger partial charge is 0.257 e. The van der Waals surface area contributed by atoms with E-state index in [9.17, 15) is 9.18 Å². The quantitative estimate of drug-likeness (QED) is 0.649. The lowest BCUT2D eigenvalue weighted by molar-refractivity contribution is 0.102. The SMILES string of the molecule is O=C(Nc1cnn(Cc2ccc(F)cc2Cl)c1)c1cccc(Cl)c1Cl. The molecule has 0 aliphatic rings. The number of benzene rings is 2. The van der Waals surface area contributed by atoms with Crippen LogP contribution in [0.25, 0.3) is 0 Å². The van der Waals surface area contributed by atoms with Gasteiger partial charge in [0, 0.05) is 11.2 Å². The predicted molar refractivity (Wildman–Crippen MR) is 97.2 cm³/mol. The van der Waals surface area contributed by atoms with E-state index < -0.39 is 11.7 Å². The summed E-state index contributed by atoms with van der Waals surface area (Å²) in [4.78, 5) is 12.3. The molecule has 0 atom stereocenters. The molecule has 0 fully saturated rings. The topological polar surface area (TPSA) is 46.9 Å². The number of amides is 1. The molecule has 0 bridgehead atoms. The van der Waals surface area contributed by atoms with Crippen LogP contribution in [-0.4, -0.2) is 15.7 Å². The molecule has 4 nitrogen and oxygen atoms in total. The molecule has 0 aliphatic carbocycles. The van der Waals surface area contributed by atoms with Crippen LogP contribution >= 0.6 is 34.8 Å². The molecule has 0 saturated heterocycles. The van der Waals surface area contributed by atoms with Crippen LogP contribution < -0.4 is 5.32 Å². The number of halogens is 4. The van der Waals surface area contributed by atoms with Gasteiger partial charge in [0.25, 0.3) is 5.91 Å². The fraction of sp³-hybridized carbons (Fsp3) is 0.0588. The highest BCUT2D eigenvalue weighted by Crippen LogP contribution is 2.26. The van der Waals surface area contributed by atoms with Gasteiger partial charge in [0.15, 0.2) is 0 Å². The van der Waals surface area contributed by atoms with Crippen molar-refractivity contribution in [2.45, 2.75) is 6.54 Å². The number of aromatic nitrogens is 2. The van der Waals surface area contributed by atoms with E-state index in [2.05, 4.69) is 10.4 Å². The lowest BCUT2D eigenvalue weighted by Gasteiger charge is -2.06. The van der Waals surface area contributed by atoms with Gasteiger partial charge in [-0.05, 0) is 29.8 Å². The highest BCUT2D eigenvalue weighted by molar-refractivity contribution is 6.44. The summed E-state index contributed by atoms with van der Waals surface area (Å²) in [6.45, 7) is 0.340. The van der Waals surface area contributed by atoms with E-state index in [0.29, 0.717) is 27.8 Å². The van der Waals surface area contributed by atoms with Crippen LogP contribution in [0.4, 0.5) is 10.1 Å². The molecule has 0 aliphatic heterocycles. The van der Waals surface area contributed by atoms with Gasteiger partial charge in [-0.15, -0.1) is 0 Å². The predicted octanol–water partition coefficient (Wildman–Crippen LogP) is 5.28. The molecule has 2 aromatic carbocycles. The van der Waals surface area contributed by atoms with Crippen molar-refractivity contribution in [1.82, 2.24) is 9.78 Å². The van der Waals surface area contributed by atoms with Crippen molar-refractivity contribution in [3.8, 4) is 0 Å². The molecule has 8 heteroatoms. The second-order valence-electron chi connectivity index (χ2n) is 5.22. The number of carbonyl (C=O) groups is 1. The second kappa shape index (κ2) is 7.44. The van der Waals surface area contributed by atoms with Gasteiger partial charge in [-0.2, -0.15) is 5.10 Å². The van der Waals surface area contributed by atoms with Gasteiger partial charge in [-0.1, -0.05) is 46.9 Å². The summed E-state index contributed by atoms with van der Waals surface area (Å²) < 4.78 is 14.7. The molecule has 1 amide bonds. The first-order valence-electron chi connectivity index (χ1n) is 7.16. The van der Waals surface area contributed by atoms with Crippen LogP contribution in [-0.2, 0) is 6.54 Å². The molecule has 1 aromatic heterocycles. The van der Waals surface area contributed by atoms with Gasteiger partial charge in [0.2, 0.25) is 0 Å². The molecule has 0 spiro atoms. The normalized spacial score (nSPS) is 10.7. The third kappa shape index (κ3) is 4.12. The molecule has 1 heterocycles. The molecule has 3 aromatic rings. The standard InChI is InChI=1S/C17H11Cl3FN3O/c18-14-3-1-2-13(16(14)20)17(25)23-12-7-22-24(9-12)8-10-4-5-11(21)6-15(10)19/h1-7,9H,8H2,(H,23,25). The first-order chi connectivity index (χ1) is 11.9. The number of nitrogens with zero attached hydrogens (tertiary/aromatic N) is 2. The van der Waals surface area contributed by atoms with E-state index in [0.717, 1.165) is 0 Å². The van der Waals surface area contributed by atoms with E-state index in [1.807, 2.05) is 0 Å². The summed E-state index contributed by atoms with van der Waals surface area (Å²) in [5, 5.41) is 7.65. The van der Waals surface area contributed by atoms with Crippen LogP contribution in [0, 0.1) is 5.82 Å². The Morgan fingerprint density at radius 1 is 1.16 bits per heavy atom. The van der Waals surface area contributed by atoms with Crippen LogP contribution in [0.15, 0.2) is 48.8 Å². The van der Waals surface area contributed by atoms with Crippen molar-refractivity contribution in [3.05, 3.63) is 80.8 Å². The summed E-state index contributed by atoms with van der Waals surface area (Å²) in [6, 6.07) is 8.97. The van der Waals surface area contributed by atoms with Crippen molar-refractivity contribution in [2.24, 2.45) is 0 Å². The Morgan fingerprint density at radius 2 is 1.96 bits per heavy atom. The Hall–Kier alpha value is -2.08. The Morgan fingerprint density at radius 3 is 2.72 bits per heavy atom. The average Bonchev–Trinajstić information content (AvgIpc) is 2.99. The minimum Gasteiger partial charge on any atom is -0.319 e. The minimum absolute atomic E-state index is 0.187. The molecule has 0 unspecified atom stereocenters. The lowest BCUT2D eigenvalue weighted by atomic mass is 10.2. The lowest BCUT2D eigenvalue weighted by Crippen LogP contribution is -2.12. The van der Waals surface area contributed by atoms with Crippen LogP contribution in [0.3, 0.4) is 0 Å². The van der Waals surface area contributed by atoms with Crippen molar-refractivity contribution < 1.29 is 9.18 Å². The monoisotopic (exact) mass is 397 g/mol. The fourth-order valence-corrected chi connectivity index (χ4v) is 2.83. The largest absolute Gasteiger partial charge is 0.319 e. The number of nitrogens with one attached hydrogen (secondary N) is 1. The molecule has 3 rings (SSSR count). The first kappa shape index (κ1) is 17.7. The number of anilines is 1. The highest BCUT2D eigenvalue weighted by Gasteiger charge is 2.13. The summed E-state index contributed by atoms with van der Waals surface area (Å²) in [5.74, 6) is -0.799. The van der Waals surface area contributed by atoms with Gasteiger partial charge in [-0.25, -0.2) is 4.39 Å². The third-order valence-corrected chi connectivity index (χ3v) is 4.61. The van der Waals surface area contributed by atoms with Crippen LogP contribution in [0.2, 0.25) is 15.1 Å². The zero-order valence-corrected chi connectivity index (χ0v) is 14.9. The van der Waals surface area contributed by atoms with Gasteiger partial charge in [0.05, 0.1) is 34.0 Å². The number of hydrogen-bond acceptors (Lipinski definition) is 2. The Labute approximate surface area is 158 Å². The summed E-state index contributed by atoms with van der Waals surface area (Å²) in [5.41, 5.74) is 1.46. The maximum atomic E-state index is 13.1. The van der Waals surface area contributed by atoms with Gasteiger partial charge < -0.3 is 5.32 Å². The summed E-state index contributed by atoms with van der Waals surface area (Å²) >= 11 is 18.0. The van der Waals surface area contributed by atoms with E-state index >= 15 is 0 Å². The van der Waals surface area contributed by atoms with E-state index in [1.54, 1.807) is 35.1 Å². The Bertz CT molecular complexity index is 943. The number of hydrogen-bond donors (Lipinski definition) is 1. The van der Waals surface area contributed by atoms with Crippen molar-refractivity contribution >= 4 is 46.4 Å². The zero-order valence-electron chi connectivity index (χ0n) is 12.6. The van der Waals surface area contributed by atoms with Gasteiger partial charge in [0.1, 0.15) is 5.82 Å². The molecule has 0 radical (unpaired) electrons. The molecule has 128 valence electrons. The van der Waals surface area contributed by atoms with Crippen molar-refractivity contribution in [2.75, 3.05) is 5.32 Å². The third-order valence-electron chi connectivity index (χ3n) is 3.43. The minimum atomic E-state index is -0.402. The van der Waals surface area contributed by atoms with Crippen LogP contribution in [0.1, 0.15) is 15.9 Å². The molecular weight excluding hydrogens is 388 g/mol. The fourth-order valence-electron chi connectivity index (χ4n) is 2.22. The highest BCUT2D eigenvalue weighted by atomic mass is 35.5. The molecule has 0 saturated carbocycles. The van der Waals surface area contributed by atoms with Gasteiger partial charge >= 0.3 is 0 Å². The van der Waals surface area contributed by atoms with Gasteiger partial charge in [-0.3, -0.25) is 9.48 Å². The Balaban J connectivity index is 1.73. The average molecular weight is 399 g/mol. The number of rotatable bonds is 4. The summed E-state index contributed by atoms with van der Waals surface area (Å²) in [6.07, 6.45) is 3.13.